The Morgan fingerprint density at radius 1 is 0.875 bits per heavy atom. The molecule has 1 aromatic carbocycles. The molecule has 0 N–H and O–H groups in total. The van der Waals surface area contributed by atoms with Crippen LogP contribution in [-0.2, 0) is 6.18 Å². The zero-order valence-electron chi connectivity index (χ0n) is 8.07. The molecule has 0 fully saturated rings. The number of hydrogen-bond acceptors (Lipinski definition) is 2. The standard InChI is InChI=1S/C11H7F3N2/c12-11(13,14)9-4-2-8(3-5-9)10-15-6-1-7-16-10/h1-7H. The van der Waals surface area contributed by atoms with Crippen molar-refractivity contribution in [1.29, 1.82) is 0 Å². The third kappa shape index (κ3) is 2.18. The van der Waals surface area contributed by atoms with Crippen LogP contribution in [0.5, 0.6) is 0 Å². The minimum Gasteiger partial charge on any atom is -0.237 e. The highest BCUT2D eigenvalue weighted by Gasteiger charge is 2.29. The normalized spacial score (nSPS) is 11.4. The van der Waals surface area contributed by atoms with Gasteiger partial charge in [0.1, 0.15) is 0 Å². The number of nitrogens with zero attached hydrogens (tertiary/aromatic N) is 2. The predicted octanol–water partition coefficient (Wildman–Crippen LogP) is 3.16. The van der Waals surface area contributed by atoms with Gasteiger partial charge in [-0.15, -0.1) is 0 Å². The summed E-state index contributed by atoms with van der Waals surface area (Å²) < 4.78 is 36.9. The Morgan fingerprint density at radius 3 is 1.94 bits per heavy atom. The second-order valence-corrected chi connectivity index (χ2v) is 3.15. The Morgan fingerprint density at radius 2 is 1.44 bits per heavy atom. The monoisotopic (exact) mass is 224 g/mol. The second kappa shape index (κ2) is 3.92. The van der Waals surface area contributed by atoms with Gasteiger partial charge in [-0.05, 0) is 18.2 Å². The summed E-state index contributed by atoms with van der Waals surface area (Å²) in [5.74, 6) is 0.413. The van der Waals surface area contributed by atoms with Crippen molar-refractivity contribution in [3.63, 3.8) is 0 Å². The van der Waals surface area contributed by atoms with E-state index in [0.29, 0.717) is 11.4 Å². The fourth-order valence-corrected chi connectivity index (χ4v) is 1.26. The maximum atomic E-state index is 12.3. The van der Waals surface area contributed by atoms with E-state index >= 15 is 0 Å². The van der Waals surface area contributed by atoms with Crippen LogP contribution >= 0.6 is 0 Å². The first-order valence-electron chi connectivity index (χ1n) is 4.52. The highest BCUT2D eigenvalue weighted by molar-refractivity contribution is 5.54. The summed E-state index contributed by atoms with van der Waals surface area (Å²) in [7, 11) is 0. The first-order valence-corrected chi connectivity index (χ1v) is 4.52. The third-order valence-corrected chi connectivity index (χ3v) is 2.04. The summed E-state index contributed by atoms with van der Waals surface area (Å²) in [5, 5.41) is 0. The molecule has 2 aromatic rings. The highest BCUT2D eigenvalue weighted by Crippen LogP contribution is 2.30. The van der Waals surface area contributed by atoms with Gasteiger partial charge in [-0.2, -0.15) is 13.2 Å². The number of aromatic nitrogens is 2. The van der Waals surface area contributed by atoms with Crippen LogP contribution in [0.1, 0.15) is 5.56 Å². The predicted molar refractivity (Wildman–Crippen MR) is 52.5 cm³/mol. The third-order valence-electron chi connectivity index (χ3n) is 2.04. The molecule has 0 saturated carbocycles. The second-order valence-electron chi connectivity index (χ2n) is 3.15. The summed E-state index contributed by atoms with van der Waals surface area (Å²) in [4.78, 5) is 7.90. The van der Waals surface area contributed by atoms with E-state index in [0.717, 1.165) is 12.1 Å². The molecule has 2 nitrogen and oxygen atoms in total. The van der Waals surface area contributed by atoms with Crippen molar-refractivity contribution in [1.82, 2.24) is 9.97 Å². The summed E-state index contributed by atoms with van der Waals surface area (Å²) in [6, 6.07) is 6.40. The fourth-order valence-electron chi connectivity index (χ4n) is 1.26. The van der Waals surface area contributed by atoms with Gasteiger partial charge >= 0.3 is 6.18 Å². The van der Waals surface area contributed by atoms with Gasteiger partial charge < -0.3 is 0 Å². The molecule has 0 saturated heterocycles. The average Bonchev–Trinajstić information content (AvgIpc) is 2.29. The van der Waals surface area contributed by atoms with Gasteiger partial charge in [-0.25, -0.2) is 9.97 Å². The van der Waals surface area contributed by atoms with Crippen molar-refractivity contribution in [3.8, 4) is 11.4 Å². The molecule has 0 aliphatic carbocycles. The van der Waals surface area contributed by atoms with Gasteiger partial charge in [0.15, 0.2) is 5.82 Å². The average molecular weight is 224 g/mol. The van der Waals surface area contributed by atoms with Crippen molar-refractivity contribution < 1.29 is 13.2 Å². The zero-order valence-corrected chi connectivity index (χ0v) is 8.07. The molecule has 2 rings (SSSR count). The number of alkyl halides is 3. The first kappa shape index (κ1) is 10.6. The molecule has 0 atom stereocenters. The molecule has 0 aliphatic rings. The molecule has 0 unspecified atom stereocenters. The van der Waals surface area contributed by atoms with E-state index in [1.54, 1.807) is 18.5 Å². The van der Waals surface area contributed by atoms with Crippen LogP contribution in [0, 0.1) is 0 Å². The van der Waals surface area contributed by atoms with Gasteiger partial charge in [0.05, 0.1) is 5.56 Å². The van der Waals surface area contributed by atoms with Crippen LogP contribution in [0.25, 0.3) is 11.4 Å². The Kier molecular flexibility index (Phi) is 2.60. The van der Waals surface area contributed by atoms with Gasteiger partial charge in [0, 0.05) is 18.0 Å². The van der Waals surface area contributed by atoms with Gasteiger partial charge in [-0.1, -0.05) is 12.1 Å². The number of benzene rings is 1. The molecular formula is C11H7F3N2. The van der Waals surface area contributed by atoms with E-state index in [4.69, 9.17) is 0 Å². The Bertz CT molecular complexity index is 463. The van der Waals surface area contributed by atoms with E-state index in [2.05, 4.69) is 9.97 Å². The maximum absolute atomic E-state index is 12.3. The lowest BCUT2D eigenvalue weighted by Crippen LogP contribution is -2.04. The van der Waals surface area contributed by atoms with E-state index in [9.17, 15) is 13.2 Å². The van der Waals surface area contributed by atoms with Crippen molar-refractivity contribution in [2.45, 2.75) is 6.18 Å². The molecule has 1 aromatic heterocycles. The lowest BCUT2D eigenvalue weighted by atomic mass is 10.1. The zero-order chi connectivity index (χ0) is 11.6. The van der Waals surface area contributed by atoms with E-state index in [1.807, 2.05) is 0 Å². The largest absolute Gasteiger partial charge is 0.416 e. The van der Waals surface area contributed by atoms with Crippen molar-refractivity contribution in [2.24, 2.45) is 0 Å². The van der Waals surface area contributed by atoms with Crippen LogP contribution in [0.15, 0.2) is 42.7 Å². The molecule has 0 radical (unpaired) electrons. The van der Waals surface area contributed by atoms with E-state index in [-0.39, 0.29) is 0 Å². The maximum Gasteiger partial charge on any atom is 0.416 e. The molecule has 82 valence electrons. The van der Waals surface area contributed by atoms with Gasteiger partial charge in [0.2, 0.25) is 0 Å². The molecule has 0 bridgehead atoms. The highest BCUT2D eigenvalue weighted by atomic mass is 19.4. The molecule has 1 heterocycles. The number of halogens is 3. The molecular weight excluding hydrogens is 217 g/mol. The Hall–Kier alpha value is -1.91. The van der Waals surface area contributed by atoms with E-state index < -0.39 is 11.7 Å². The topological polar surface area (TPSA) is 25.8 Å². The van der Waals surface area contributed by atoms with Crippen molar-refractivity contribution in [2.75, 3.05) is 0 Å². The summed E-state index contributed by atoms with van der Waals surface area (Å²) in [6.45, 7) is 0. The van der Waals surface area contributed by atoms with Crippen LogP contribution in [0.2, 0.25) is 0 Å². The van der Waals surface area contributed by atoms with Crippen LogP contribution in [-0.4, -0.2) is 9.97 Å². The Labute approximate surface area is 89.8 Å². The number of hydrogen-bond donors (Lipinski definition) is 0. The van der Waals surface area contributed by atoms with Crippen molar-refractivity contribution >= 4 is 0 Å². The molecule has 16 heavy (non-hydrogen) atoms. The Balaban J connectivity index is 2.34. The summed E-state index contributed by atoms with van der Waals surface area (Å²) >= 11 is 0. The SMILES string of the molecule is FC(F)(F)c1ccc(-c2ncccn2)cc1. The van der Waals surface area contributed by atoms with Crippen LogP contribution < -0.4 is 0 Å². The summed E-state index contributed by atoms with van der Waals surface area (Å²) in [6.07, 6.45) is -1.23. The van der Waals surface area contributed by atoms with Gasteiger partial charge in [-0.3, -0.25) is 0 Å². The quantitative estimate of drug-likeness (QED) is 0.743. The molecule has 0 aliphatic heterocycles. The fraction of sp³-hybridized carbons (Fsp3) is 0.0909. The first-order chi connectivity index (χ1) is 7.57. The summed E-state index contributed by atoms with van der Waals surface area (Å²) in [5.41, 5.74) is -0.110. The van der Waals surface area contributed by atoms with Gasteiger partial charge in [0.25, 0.3) is 0 Å². The minimum absolute atomic E-state index is 0.413. The van der Waals surface area contributed by atoms with Crippen molar-refractivity contribution in [3.05, 3.63) is 48.3 Å². The smallest absolute Gasteiger partial charge is 0.237 e. The molecule has 0 spiro atoms. The number of rotatable bonds is 1. The van der Waals surface area contributed by atoms with E-state index in [1.165, 1.54) is 12.1 Å². The molecule has 5 heteroatoms. The lowest BCUT2D eigenvalue weighted by Gasteiger charge is -2.06. The van der Waals surface area contributed by atoms with Crippen LogP contribution in [0.3, 0.4) is 0 Å². The van der Waals surface area contributed by atoms with Crippen LogP contribution in [0.4, 0.5) is 13.2 Å². The molecule has 0 amide bonds. The lowest BCUT2D eigenvalue weighted by molar-refractivity contribution is -0.137. The minimum atomic E-state index is -4.31.